The van der Waals surface area contributed by atoms with Crippen LogP contribution in [0.5, 0.6) is 0 Å². The Morgan fingerprint density at radius 2 is 1.96 bits per heavy atom. The summed E-state index contributed by atoms with van der Waals surface area (Å²) in [6, 6.07) is 1.23. The summed E-state index contributed by atoms with van der Waals surface area (Å²) in [6.07, 6.45) is 7.54. The van der Waals surface area contributed by atoms with Gasteiger partial charge in [-0.3, -0.25) is 23.9 Å². The van der Waals surface area contributed by atoms with Crippen molar-refractivity contribution in [2.45, 2.75) is 45.1 Å². The third kappa shape index (κ3) is 3.44. The molecule has 3 heterocycles. The molecule has 2 saturated heterocycles. The normalized spacial score (nSPS) is 25.9. The highest BCUT2D eigenvalue weighted by molar-refractivity contribution is 5.86. The van der Waals surface area contributed by atoms with Gasteiger partial charge in [-0.2, -0.15) is 0 Å². The molecular formula is C19H26N4O4. The Labute approximate surface area is 157 Å². The minimum Gasteiger partial charge on any atom is -0.342 e. The zero-order valence-corrected chi connectivity index (χ0v) is 15.5. The first-order valence-corrected chi connectivity index (χ1v) is 9.84. The van der Waals surface area contributed by atoms with Gasteiger partial charge in [0.25, 0.3) is 5.56 Å². The van der Waals surface area contributed by atoms with Gasteiger partial charge in [-0.05, 0) is 38.0 Å². The first kappa shape index (κ1) is 18.0. The van der Waals surface area contributed by atoms with E-state index in [1.165, 1.54) is 36.1 Å². The largest absolute Gasteiger partial charge is 0.342 e. The second kappa shape index (κ2) is 6.98. The number of carbonyl (C=O) groups excluding carboxylic acids is 2. The molecule has 8 nitrogen and oxygen atoms in total. The van der Waals surface area contributed by atoms with Crippen molar-refractivity contribution in [3.8, 4) is 0 Å². The zero-order valence-electron chi connectivity index (χ0n) is 15.5. The van der Waals surface area contributed by atoms with Crippen molar-refractivity contribution in [2.24, 2.45) is 11.3 Å². The predicted octanol–water partition coefficient (Wildman–Crippen LogP) is 0.178. The van der Waals surface area contributed by atoms with Crippen LogP contribution in [0.15, 0.2) is 21.9 Å². The van der Waals surface area contributed by atoms with E-state index in [9.17, 15) is 19.2 Å². The number of piperidine rings is 1. The summed E-state index contributed by atoms with van der Waals surface area (Å²) in [5, 5.41) is 0. The fourth-order valence-electron chi connectivity index (χ4n) is 4.59. The summed E-state index contributed by atoms with van der Waals surface area (Å²) in [5.41, 5.74) is -1.53. The van der Waals surface area contributed by atoms with Crippen LogP contribution >= 0.6 is 0 Å². The molecule has 1 atom stereocenters. The number of nitrogens with one attached hydrogen (secondary N) is 1. The Hall–Kier alpha value is -2.38. The van der Waals surface area contributed by atoms with Gasteiger partial charge in [0.1, 0.15) is 6.54 Å². The number of nitrogens with zero attached hydrogens (tertiary/aromatic N) is 3. The van der Waals surface area contributed by atoms with E-state index in [4.69, 9.17) is 0 Å². The maximum atomic E-state index is 13.1. The molecular weight excluding hydrogens is 348 g/mol. The van der Waals surface area contributed by atoms with Crippen LogP contribution in [0.1, 0.15) is 38.5 Å². The maximum absolute atomic E-state index is 13.1. The summed E-state index contributed by atoms with van der Waals surface area (Å²) in [7, 11) is 0. The first-order valence-electron chi connectivity index (χ1n) is 9.84. The van der Waals surface area contributed by atoms with Crippen molar-refractivity contribution >= 4 is 11.8 Å². The van der Waals surface area contributed by atoms with Crippen LogP contribution in [0.4, 0.5) is 0 Å². The van der Waals surface area contributed by atoms with Crippen LogP contribution < -0.4 is 11.2 Å². The summed E-state index contributed by atoms with van der Waals surface area (Å²) in [4.78, 5) is 54.6. The molecule has 0 unspecified atom stereocenters. The lowest BCUT2D eigenvalue weighted by atomic mass is 9.77. The highest BCUT2D eigenvalue weighted by Crippen LogP contribution is 2.41. The standard InChI is InChI=1S/C19H26N4O4/c24-15-5-9-22(18(27)20-15)12-16(25)23-10-7-19(13-23)6-2-8-21(17(19)26)11-14-3-1-4-14/h5,9,14H,1-4,6-8,10-13H2,(H,20,24,27)/t19-/m0/s1. The minimum absolute atomic E-state index is 0.119. The summed E-state index contributed by atoms with van der Waals surface area (Å²) in [6.45, 7) is 2.55. The topological polar surface area (TPSA) is 95.5 Å². The molecule has 2 amide bonds. The predicted molar refractivity (Wildman–Crippen MR) is 98.1 cm³/mol. The maximum Gasteiger partial charge on any atom is 0.328 e. The second-order valence-corrected chi connectivity index (χ2v) is 8.24. The zero-order chi connectivity index (χ0) is 19.0. The van der Waals surface area contributed by atoms with Crippen molar-refractivity contribution in [2.75, 3.05) is 26.2 Å². The van der Waals surface area contributed by atoms with Gasteiger partial charge in [0.15, 0.2) is 0 Å². The quantitative estimate of drug-likeness (QED) is 0.813. The molecule has 27 heavy (non-hydrogen) atoms. The molecule has 2 aliphatic heterocycles. The number of carbonyl (C=O) groups is 2. The van der Waals surface area contributed by atoms with E-state index in [-0.39, 0.29) is 18.4 Å². The van der Waals surface area contributed by atoms with Gasteiger partial charge < -0.3 is 9.80 Å². The monoisotopic (exact) mass is 374 g/mol. The van der Waals surface area contributed by atoms with Crippen LogP contribution in [0, 0.1) is 11.3 Å². The Bertz CT molecular complexity index is 856. The first-order chi connectivity index (χ1) is 13.0. The lowest BCUT2D eigenvalue weighted by molar-refractivity contribution is -0.147. The molecule has 3 aliphatic rings. The number of amides is 2. The summed E-state index contributed by atoms with van der Waals surface area (Å²) < 4.78 is 1.19. The highest BCUT2D eigenvalue weighted by Gasteiger charge is 2.49. The van der Waals surface area contributed by atoms with Crippen LogP contribution in [-0.2, 0) is 16.1 Å². The van der Waals surface area contributed by atoms with Crippen molar-refractivity contribution in [1.82, 2.24) is 19.4 Å². The van der Waals surface area contributed by atoms with Crippen molar-refractivity contribution < 1.29 is 9.59 Å². The molecule has 4 rings (SSSR count). The van der Waals surface area contributed by atoms with Gasteiger partial charge in [-0.15, -0.1) is 0 Å². The number of likely N-dealkylation sites (tertiary alicyclic amines) is 2. The lowest BCUT2D eigenvalue weighted by Crippen LogP contribution is -2.52. The number of hydrogen-bond donors (Lipinski definition) is 1. The molecule has 1 N–H and O–H groups in total. The molecule has 1 aromatic heterocycles. The van der Waals surface area contributed by atoms with E-state index in [2.05, 4.69) is 4.98 Å². The van der Waals surface area contributed by atoms with Crippen molar-refractivity contribution in [1.29, 1.82) is 0 Å². The fourth-order valence-corrected chi connectivity index (χ4v) is 4.59. The number of H-pyrrole nitrogens is 1. The van der Waals surface area contributed by atoms with E-state index >= 15 is 0 Å². The molecule has 0 bridgehead atoms. The van der Waals surface area contributed by atoms with Gasteiger partial charge in [-0.1, -0.05) is 6.42 Å². The Kier molecular flexibility index (Phi) is 4.65. The SMILES string of the molecule is O=C(Cn1ccc(=O)[nH]c1=O)N1CC[C@@]2(CCCN(CC3CCC3)C2=O)C1. The smallest absolute Gasteiger partial charge is 0.328 e. The van der Waals surface area contributed by atoms with Crippen molar-refractivity contribution in [3.05, 3.63) is 33.1 Å². The summed E-state index contributed by atoms with van der Waals surface area (Å²) >= 11 is 0. The van der Waals surface area contributed by atoms with Crippen LogP contribution in [0.25, 0.3) is 0 Å². The Morgan fingerprint density at radius 3 is 2.67 bits per heavy atom. The molecule has 1 aliphatic carbocycles. The number of aromatic amines is 1. The van der Waals surface area contributed by atoms with E-state index in [1.54, 1.807) is 4.90 Å². The van der Waals surface area contributed by atoms with E-state index in [0.717, 1.165) is 25.9 Å². The number of hydrogen-bond acceptors (Lipinski definition) is 4. The molecule has 8 heteroatoms. The fraction of sp³-hybridized carbons (Fsp3) is 0.684. The lowest BCUT2D eigenvalue weighted by Gasteiger charge is -2.42. The summed E-state index contributed by atoms with van der Waals surface area (Å²) in [5.74, 6) is 0.664. The average molecular weight is 374 g/mol. The molecule has 0 aromatic carbocycles. The molecule has 1 saturated carbocycles. The molecule has 1 aromatic rings. The second-order valence-electron chi connectivity index (χ2n) is 8.24. The van der Waals surface area contributed by atoms with E-state index in [0.29, 0.717) is 25.4 Å². The molecule has 0 radical (unpaired) electrons. The van der Waals surface area contributed by atoms with Crippen LogP contribution in [0.3, 0.4) is 0 Å². The average Bonchev–Trinajstić information content (AvgIpc) is 3.02. The van der Waals surface area contributed by atoms with Crippen molar-refractivity contribution in [3.63, 3.8) is 0 Å². The molecule has 146 valence electrons. The van der Waals surface area contributed by atoms with Gasteiger partial charge in [0.05, 0.1) is 5.41 Å². The third-order valence-corrected chi connectivity index (χ3v) is 6.44. The van der Waals surface area contributed by atoms with Gasteiger partial charge in [-0.25, -0.2) is 4.79 Å². The Balaban J connectivity index is 1.42. The van der Waals surface area contributed by atoms with Gasteiger partial charge in [0, 0.05) is 38.4 Å². The number of aromatic nitrogens is 2. The van der Waals surface area contributed by atoms with Gasteiger partial charge >= 0.3 is 5.69 Å². The number of rotatable bonds is 4. The van der Waals surface area contributed by atoms with Crippen LogP contribution in [-0.4, -0.2) is 57.3 Å². The van der Waals surface area contributed by atoms with Crippen LogP contribution in [0.2, 0.25) is 0 Å². The molecule has 3 fully saturated rings. The molecule has 1 spiro atoms. The minimum atomic E-state index is -0.592. The Morgan fingerprint density at radius 1 is 1.15 bits per heavy atom. The van der Waals surface area contributed by atoms with Gasteiger partial charge in [0.2, 0.25) is 11.8 Å². The third-order valence-electron chi connectivity index (χ3n) is 6.44. The van der Waals surface area contributed by atoms with E-state index < -0.39 is 16.7 Å². The van der Waals surface area contributed by atoms with E-state index in [1.807, 2.05) is 4.90 Å². The highest BCUT2D eigenvalue weighted by atomic mass is 16.2.